The lowest BCUT2D eigenvalue weighted by atomic mass is 10.1. The second-order valence-electron chi connectivity index (χ2n) is 4.65. The number of rotatable bonds is 6. The van der Waals surface area contributed by atoms with Gasteiger partial charge in [-0.2, -0.15) is 0 Å². The van der Waals surface area contributed by atoms with E-state index < -0.39 is 0 Å². The average molecular weight is 285 g/mol. The zero-order valence-electron chi connectivity index (χ0n) is 12.3. The third-order valence-corrected chi connectivity index (χ3v) is 3.00. The first-order valence-electron chi connectivity index (χ1n) is 6.81. The molecule has 0 saturated carbocycles. The van der Waals surface area contributed by atoms with Crippen LogP contribution in [0.4, 0.5) is 0 Å². The number of carbonyl (C=O) groups excluding carboxylic acids is 1. The number of aryl methyl sites for hydroxylation is 1. The molecule has 0 spiro atoms. The van der Waals surface area contributed by atoms with Crippen molar-refractivity contribution in [2.24, 2.45) is 0 Å². The molecule has 2 aromatic rings. The molecule has 21 heavy (non-hydrogen) atoms. The summed E-state index contributed by atoms with van der Waals surface area (Å²) in [6, 6.07) is 14.8. The third-order valence-electron chi connectivity index (χ3n) is 3.00. The molecule has 1 amide bonds. The molecule has 0 aromatic heterocycles. The minimum absolute atomic E-state index is 0.0861. The van der Waals surface area contributed by atoms with E-state index in [1.54, 1.807) is 13.2 Å². The highest BCUT2D eigenvalue weighted by atomic mass is 16.5. The second kappa shape index (κ2) is 7.33. The fourth-order valence-electron chi connectivity index (χ4n) is 1.89. The number of hydrogen-bond acceptors (Lipinski definition) is 3. The van der Waals surface area contributed by atoms with Gasteiger partial charge in [-0.3, -0.25) is 4.79 Å². The molecule has 0 fully saturated rings. The Balaban J connectivity index is 1.75. The number of methoxy groups -OCH3 is 1. The molecule has 4 heteroatoms. The second-order valence-corrected chi connectivity index (χ2v) is 4.65. The molecule has 0 radical (unpaired) electrons. The van der Waals surface area contributed by atoms with Crippen molar-refractivity contribution in [3.05, 3.63) is 59.7 Å². The highest BCUT2D eigenvalue weighted by Gasteiger charge is 2.04. The highest BCUT2D eigenvalue weighted by Crippen LogP contribution is 2.16. The van der Waals surface area contributed by atoms with E-state index in [0.717, 1.165) is 17.1 Å². The largest absolute Gasteiger partial charge is 0.497 e. The van der Waals surface area contributed by atoms with Crippen molar-refractivity contribution in [1.82, 2.24) is 5.32 Å². The van der Waals surface area contributed by atoms with Crippen molar-refractivity contribution in [1.29, 1.82) is 0 Å². The Hall–Kier alpha value is -2.49. The van der Waals surface area contributed by atoms with Crippen LogP contribution in [0.5, 0.6) is 11.5 Å². The van der Waals surface area contributed by atoms with E-state index in [2.05, 4.69) is 5.32 Å². The Morgan fingerprint density at radius 2 is 1.81 bits per heavy atom. The fourth-order valence-corrected chi connectivity index (χ4v) is 1.89. The number of carbonyl (C=O) groups is 1. The summed E-state index contributed by atoms with van der Waals surface area (Å²) in [5.74, 6) is 1.45. The van der Waals surface area contributed by atoms with Crippen molar-refractivity contribution in [3.8, 4) is 11.5 Å². The maximum absolute atomic E-state index is 11.9. The number of hydrogen-bond donors (Lipinski definition) is 1. The smallest absolute Gasteiger partial charge is 0.251 e. The Morgan fingerprint density at radius 1 is 1.10 bits per heavy atom. The van der Waals surface area contributed by atoms with Gasteiger partial charge in [0.2, 0.25) is 0 Å². The Labute approximate surface area is 124 Å². The van der Waals surface area contributed by atoms with Gasteiger partial charge in [-0.25, -0.2) is 0 Å². The maximum atomic E-state index is 11.9. The van der Waals surface area contributed by atoms with E-state index in [4.69, 9.17) is 9.47 Å². The summed E-state index contributed by atoms with van der Waals surface area (Å²) in [4.78, 5) is 11.9. The zero-order valence-corrected chi connectivity index (χ0v) is 12.3. The van der Waals surface area contributed by atoms with Gasteiger partial charge in [-0.05, 0) is 43.3 Å². The van der Waals surface area contributed by atoms with E-state index in [1.807, 2.05) is 49.4 Å². The van der Waals surface area contributed by atoms with E-state index in [-0.39, 0.29) is 5.91 Å². The van der Waals surface area contributed by atoms with Crippen LogP contribution in [0, 0.1) is 6.92 Å². The van der Waals surface area contributed by atoms with Crippen molar-refractivity contribution in [3.63, 3.8) is 0 Å². The Morgan fingerprint density at radius 3 is 2.48 bits per heavy atom. The number of amides is 1. The quantitative estimate of drug-likeness (QED) is 0.830. The van der Waals surface area contributed by atoms with E-state index in [0.29, 0.717) is 18.7 Å². The van der Waals surface area contributed by atoms with Crippen molar-refractivity contribution in [2.45, 2.75) is 6.92 Å². The molecule has 1 N–H and O–H groups in total. The van der Waals surface area contributed by atoms with Gasteiger partial charge < -0.3 is 14.8 Å². The molecule has 0 aliphatic carbocycles. The lowest BCUT2D eigenvalue weighted by molar-refractivity contribution is 0.0947. The summed E-state index contributed by atoms with van der Waals surface area (Å²) < 4.78 is 10.6. The van der Waals surface area contributed by atoms with Crippen LogP contribution < -0.4 is 14.8 Å². The van der Waals surface area contributed by atoms with Crippen LogP contribution in [0.2, 0.25) is 0 Å². The predicted molar refractivity (Wildman–Crippen MR) is 82.0 cm³/mol. The van der Waals surface area contributed by atoms with E-state index in [1.165, 1.54) is 0 Å². The Kier molecular flexibility index (Phi) is 5.21. The first kappa shape index (κ1) is 14.9. The van der Waals surface area contributed by atoms with E-state index in [9.17, 15) is 4.79 Å². The summed E-state index contributed by atoms with van der Waals surface area (Å²) >= 11 is 0. The van der Waals surface area contributed by atoms with Crippen LogP contribution >= 0.6 is 0 Å². The van der Waals surface area contributed by atoms with Crippen LogP contribution in [-0.4, -0.2) is 26.2 Å². The summed E-state index contributed by atoms with van der Waals surface area (Å²) in [5, 5.41) is 2.83. The molecule has 0 aliphatic heterocycles. The summed E-state index contributed by atoms with van der Waals surface area (Å²) in [5.41, 5.74) is 1.73. The summed E-state index contributed by atoms with van der Waals surface area (Å²) in [6.07, 6.45) is 0. The summed E-state index contributed by atoms with van der Waals surface area (Å²) in [6.45, 7) is 2.84. The minimum atomic E-state index is -0.0861. The fraction of sp³-hybridized carbons (Fsp3) is 0.235. The minimum Gasteiger partial charge on any atom is -0.497 e. The molecule has 0 aliphatic rings. The maximum Gasteiger partial charge on any atom is 0.251 e. The molecule has 0 saturated heterocycles. The van der Waals surface area contributed by atoms with Crippen molar-refractivity contribution in [2.75, 3.05) is 20.3 Å². The molecule has 4 nitrogen and oxygen atoms in total. The molecular formula is C17H19NO3. The standard InChI is InChI=1S/C17H19NO3/c1-13-4-3-5-14(12-13)17(19)18-10-11-21-16-8-6-15(20-2)7-9-16/h3-9,12H,10-11H2,1-2H3,(H,18,19). The Bertz CT molecular complexity index is 593. The number of ether oxygens (including phenoxy) is 2. The SMILES string of the molecule is COc1ccc(OCCNC(=O)c2cccc(C)c2)cc1. The molecule has 0 bridgehead atoms. The average Bonchev–Trinajstić information content (AvgIpc) is 2.52. The van der Waals surface area contributed by atoms with Crippen LogP contribution in [-0.2, 0) is 0 Å². The van der Waals surface area contributed by atoms with Gasteiger partial charge >= 0.3 is 0 Å². The third kappa shape index (κ3) is 4.53. The molecule has 2 aromatic carbocycles. The van der Waals surface area contributed by atoms with Gasteiger partial charge in [0.1, 0.15) is 18.1 Å². The summed E-state index contributed by atoms with van der Waals surface area (Å²) in [7, 11) is 1.62. The topological polar surface area (TPSA) is 47.6 Å². The number of nitrogens with one attached hydrogen (secondary N) is 1. The van der Waals surface area contributed by atoms with Crippen molar-refractivity contribution >= 4 is 5.91 Å². The molecular weight excluding hydrogens is 266 g/mol. The van der Waals surface area contributed by atoms with Gasteiger partial charge in [0, 0.05) is 5.56 Å². The van der Waals surface area contributed by atoms with Crippen LogP contribution in [0.3, 0.4) is 0 Å². The van der Waals surface area contributed by atoms with Gasteiger partial charge in [-0.15, -0.1) is 0 Å². The van der Waals surface area contributed by atoms with Gasteiger partial charge in [0.25, 0.3) is 5.91 Å². The van der Waals surface area contributed by atoms with Gasteiger partial charge in [-0.1, -0.05) is 17.7 Å². The van der Waals surface area contributed by atoms with Crippen LogP contribution in [0.25, 0.3) is 0 Å². The van der Waals surface area contributed by atoms with Crippen molar-refractivity contribution < 1.29 is 14.3 Å². The first-order valence-corrected chi connectivity index (χ1v) is 6.81. The van der Waals surface area contributed by atoms with Crippen LogP contribution in [0.1, 0.15) is 15.9 Å². The first-order chi connectivity index (χ1) is 10.2. The van der Waals surface area contributed by atoms with Crippen LogP contribution in [0.15, 0.2) is 48.5 Å². The molecule has 0 heterocycles. The molecule has 110 valence electrons. The monoisotopic (exact) mass is 285 g/mol. The van der Waals surface area contributed by atoms with E-state index >= 15 is 0 Å². The highest BCUT2D eigenvalue weighted by molar-refractivity contribution is 5.94. The normalized spacial score (nSPS) is 10.0. The lowest BCUT2D eigenvalue weighted by Crippen LogP contribution is -2.28. The molecule has 0 unspecified atom stereocenters. The number of benzene rings is 2. The molecule has 0 atom stereocenters. The predicted octanol–water partition coefficient (Wildman–Crippen LogP) is 2.81. The van der Waals surface area contributed by atoms with Gasteiger partial charge in [0.05, 0.1) is 13.7 Å². The zero-order chi connectivity index (χ0) is 15.1. The van der Waals surface area contributed by atoms with Gasteiger partial charge in [0.15, 0.2) is 0 Å². The molecule has 2 rings (SSSR count). The lowest BCUT2D eigenvalue weighted by Gasteiger charge is -2.08.